The third kappa shape index (κ3) is 5.33. The third-order valence-electron chi connectivity index (χ3n) is 6.21. The molecule has 0 aliphatic carbocycles. The quantitative estimate of drug-likeness (QED) is 0.454. The molecule has 1 aliphatic rings. The molecule has 0 unspecified atom stereocenters. The second-order valence-electron chi connectivity index (χ2n) is 8.42. The van der Waals surface area contributed by atoms with E-state index in [4.69, 9.17) is 14.6 Å². The normalized spacial score (nSPS) is 15.2. The number of hydrogen-bond donors (Lipinski definition) is 2. The first kappa shape index (κ1) is 23.2. The molecule has 1 saturated heterocycles. The molecule has 3 aromatic rings. The van der Waals surface area contributed by atoms with Crippen LogP contribution in [0.15, 0.2) is 36.4 Å². The van der Waals surface area contributed by atoms with Crippen LogP contribution in [0, 0.1) is 6.92 Å². The summed E-state index contributed by atoms with van der Waals surface area (Å²) in [5.74, 6) is -0.478. The summed E-state index contributed by atoms with van der Waals surface area (Å²) < 4.78 is 52.4. The van der Waals surface area contributed by atoms with Gasteiger partial charge in [0, 0.05) is 29.8 Å². The van der Waals surface area contributed by atoms with Crippen LogP contribution in [-0.4, -0.2) is 29.3 Å². The summed E-state index contributed by atoms with van der Waals surface area (Å²) in [5.41, 5.74) is 2.83. The summed E-state index contributed by atoms with van der Waals surface area (Å²) in [4.78, 5) is 14.1. The first-order valence-corrected chi connectivity index (χ1v) is 11.0. The standard InChI is InChI=1S/C25H26F3NO4/c1-15-20-13-18(3-5-23(20)29-22(15)6-7-24(30)31)33-14-16-2-4-19(17-8-10-32-11-9-17)21(12-16)25(26,27)28/h2-5,12-13,17,29H,6-11,14H2,1H3,(H,30,31). The molecule has 8 heteroatoms. The summed E-state index contributed by atoms with van der Waals surface area (Å²) in [7, 11) is 0. The SMILES string of the molecule is Cc1c(CCC(=O)O)[nH]c2ccc(OCc3ccc(C4CCOCC4)c(C(F)(F)F)c3)cc12. The van der Waals surface area contributed by atoms with Gasteiger partial charge in [-0.25, -0.2) is 0 Å². The minimum absolute atomic E-state index is 0.0119. The second-order valence-corrected chi connectivity index (χ2v) is 8.42. The number of rotatable bonds is 7. The zero-order valence-electron chi connectivity index (χ0n) is 18.3. The average Bonchev–Trinajstić information content (AvgIpc) is 3.11. The van der Waals surface area contributed by atoms with Gasteiger partial charge in [-0.05, 0) is 73.1 Å². The summed E-state index contributed by atoms with van der Waals surface area (Å²) in [6, 6.07) is 9.87. The Hall–Kier alpha value is -3.00. The Kier molecular flexibility index (Phi) is 6.65. The molecular weight excluding hydrogens is 435 g/mol. The van der Waals surface area contributed by atoms with Gasteiger partial charge in [-0.3, -0.25) is 4.79 Å². The van der Waals surface area contributed by atoms with Gasteiger partial charge in [-0.1, -0.05) is 12.1 Å². The Morgan fingerprint density at radius 1 is 1.18 bits per heavy atom. The van der Waals surface area contributed by atoms with E-state index in [0.717, 1.165) is 22.2 Å². The van der Waals surface area contributed by atoms with Gasteiger partial charge in [0.2, 0.25) is 0 Å². The molecule has 176 valence electrons. The summed E-state index contributed by atoms with van der Waals surface area (Å²) in [6.45, 7) is 2.88. The second kappa shape index (κ2) is 9.47. The molecular formula is C25H26F3NO4. The minimum atomic E-state index is -4.43. The van der Waals surface area contributed by atoms with Crippen LogP contribution in [-0.2, 0) is 28.7 Å². The molecule has 0 saturated carbocycles. The van der Waals surface area contributed by atoms with Crippen molar-refractivity contribution in [2.45, 2.75) is 51.3 Å². The van der Waals surface area contributed by atoms with Crippen molar-refractivity contribution in [1.82, 2.24) is 4.98 Å². The number of fused-ring (bicyclic) bond motifs is 1. The van der Waals surface area contributed by atoms with Crippen molar-refractivity contribution in [3.05, 3.63) is 64.3 Å². The zero-order valence-corrected chi connectivity index (χ0v) is 18.3. The maximum Gasteiger partial charge on any atom is 0.416 e. The van der Waals surface area contributed by atoms with E-state index in [1.807, 2.05) is 19.1 Å². The number of aliphatic carboxylic acids is 1. The highest BCUT2D eigenvalue weighted by Gasteiger charge is 2.36. The number of carboxylic acids is 1. The molecule has 5 nitrogen and oxygen atoms in total. The number of alkyl halides is 3. The van der Waals surface area contributed by atoms with Crippen molar-refractivity contribution in [3.8, 4) is 5.75 Å². The highest BCUT2D eigenvalue weighted by Crippen LogP contribution is 2.39. The molecule has 4 rings (SSSR count). The molecule has 1 fully saturated rings. The van der Waals surface area contributed by atoms with Crippen molar-refractivity contribution >= 4 is 16.9 Å². The number of H-pyrrole nitrogens is 1. The Balaban J connectivity index is 1.52. The molecule has 0 spiro atoms. The molecule has 1 aromatic heterocycles. The number of aromatic nitrogens is 1. The van der Waals surface area contributed by atoms with Crippen molar-refractivity contribution in [2.24, 2.45) is 0 Å². The highest BCUT2D eigenvalue weighted by molar-refractivity contribution is 5.86. The molecule has 2 aromatic carbocycles. The van der Waals surface area contributed by atoms with E-state index >= 15 is 0 Å². The fourth-order valence-electron chi connectivity index (χ4n) is 4.40. The van der Waals surface area contributed by atoms with Gasteiger partial charge in [0.05, 0.1) is 12.0 Å². The molecule has 33 heavy (non-hydrogen) atoms. The number of benzene rings is 2. The van der Waals surface area contributed by atoms with Crippen LogP contribution in [0.4, 0.5) is 13.2 Å². The molecule has 2 N–H and O–H groups in total. The maximum absolute atomic E-state index is 13.8. The van der Waals surface area contributed by atoms with Crippen LogP contribution in [0.2, 0.25) is 0 Å². The number of ether oxygens (including phenoxy) is 2. The third-order valence-corrected chi connectivity index (χ3v) is 6.21. The Bertz CT molecular complexity index is 1150. The fourth-order valence-corrected chi connectivity index (χ4v) is 4.40. The molecule has 0 amide bonds. The molecule has 2 heterocycles. The predicted molar refractivity (Wildman–Crippen MR) is 118 cm³/mol. The topological polar surface area (TPSA) is 71.5 Å². The van der Waals surface area contributed by atoms with Crippen LogP contribution in [0.3, 0.4) is 0 Å². The number of aryl methyl sites for hydroxylation is 2. The van der Waals surface area contributed by atoms with Crippen LogP contribution in [0.25, 0.3) is 10.9 Å². The van der Waals surface area contributed by atoms with E-state index in [1.165, 1.54) is 6.07 Å². The first-order valence-electron chi connectivity index (χ1n) is 11.0. The zero-order chi connectivity index (χ0) is 23.6. The van der Waals surface area contributed by atoms with E-state index < -0.39 is 17.7 Å². The lowest BCUT2D eigenvalue weighted by Crippen LogP contribution is -2.19. The number of halogens is 3. The van der Waals surface area contributed by atoms with Crippen LogP contribution in [0.1, 0.15) is 53.1 Å². The predicted octanol–water partition coefficient (Wildman–Crippen LogP) is 5.99. The lowest BCUT2D eigenvalue weighted by atomic mass is 9.87. The van der Waals surface area contributed by atoms with Gasteiger partial charge in [-0.15, -0.1) is 0 Å². The fraction of sp³-hybridized carbons (Fsp3) is 0.400. The van der Waals surface area contributed by atoms with Gasteiger partial charge in [-0.2, -0.15) is 13.2 Å². The average molecular weight is 461 g/mol. The summed E-state index contributed by atoms with van der Waals surface area (Å²) in [6.07, 6.45) is -2.84. The smallest absolute Gasteiger partial charge is 0.416 e. The Labute approximate surface area is 189 Å². The van der Waals surface area contributed by atoms with Crippen molar-refractivity contribution < 1.29 is 32.5 Å². The van der Waals surface area contributed by atoms with Crippen LogP contribution < -0.4 is 4.74 Å². The van der Waals surface area contributed by atoms with Crippen molar-refractivity contribution in [2.75, 3.05) is 13.2 Å². The van der Waals surface area contributed by atoms with E-state index in [0.29, 0.717) is 49.4 Å². The van der Waals surface area contributed by atoms with Crippen LogP contribution >= 0.6 is 0 Å². The number of hydrogen-bond acceptors (Lipinski definition) is 3. The van der Waals surface area contributed by atoms with E-state index in [9.17, 15) is 18.0 Å². The van der Waals surface area contributed by atoms with Gasteiger partial charge < -0.3 is 19.6 Å². The minimum Gasteiger partial charge on any atom is -0.489 e. The lowest BCUT2D eigenvalue weighted by Gasteiger charge is -2.25. The molecule has 0 bridgehead atoms. The summed E-state index contributed by atoms with van der Waals surface area (Å²) >= 11 is 0. The Morgan fingerprint density at radius 2 is 1.94 bits per heavy atom. The van der Waals surface area contributed by atoms with E-state index in [1.54, 1.807) is 18.2 Å². The van der Waals surface area contributed by atoms with Crippen LogP contribution in [0.5, 0.6) is 5.75 Å². The number of carboxylic acid groups (broad SMARTS) is 1. The first-order chi connectivity index (χ1) is 15.7. The number of aromatic amines is 1. The largest absolute Gasteiger partial charge is 0.489 e. The molecule has 0 radical (unpaired) electrons. The highest BCUT2D eigenvalue weighted by atomic mass is 19.4. The van der Waals surface area contributed by atoms with Crippen molar-refractivity contribution in [3.63, 3.8) is 0 Å². The van der Waals surface area contributed by atoms with Gasteiger partial charge in [0.15, 0.2) is 0 Å². The lowest BCUT2D eigenvalue weighted by molar-refractivity contribution is -0.139. The van der Waals surface area contributed by atoms with Gasteiger partial charge in [0.1, 0.15) is 12.4 Å². The monoisotopic (exact) mass is 461 g/mol. The number of carbonyl (C=O) groups is 1. The van der Waals surface area contributed by atoms with Crippen molar-refractivity contribution in [1.29, 1.82) is 0 Å². The molecule has 0 atom stereocenters. The Morgan fingerprint density at radius 3 is 2.64 bits per heavy atom. The maximum atomic E-state index is 13.8. The number of nitrogens with one attached hydrogen (secondary N) is 1. The molecule has 1 aliphatic heterocycles. The van der Waals surface area contributed by atoms with Gasteiger partial charge >= 0.3 is 12.1 Å². The van der Waals surface area contributed by atoms with E-state index in [2.05, 4.69) is 4.98 Å². The van der Waals surface area contributed by atoms with E-state index in [-0.39, 0.29) is 18.9 Å². The summed E-state index contributed by atoms with van der Waals surface area (Å²) in [5, 5.41) is 9.82. The van der Waals surface area contributed by atoms with Gasteiger partial charge in [0.25, 0.3) is 0 Å².